The second kappa shape index (κ2) is 10.3. The van der Waals surface area contributed by atoms with E-state index in [0.717, 1.165) is 6.42 Å². The zero-order chi connectivity index (χ0) is 17.5. The van der Waals surface area contributed by atoms with E-state index in [-0.39, 0.29) is 24.3 Å². The number of rotatable bonds is 9. The third-order valence-corrected chi connectivity index (χ3v) is 4.60. The molecule has 1 fully saturated rings. The summed E-state index contributed by atoms with van der Waals surface area (Å²) in [7, 11) is 2.46. The van der Waals surface area contributed by atoms with Crippen molar-refractivity contribution < 1.29 is 18.7 Å². The highest BCUT2D eigenvalue weighted by Crippen LogP contribution is 2.43. The Balaban J connectivity index is 2.79. The molecule has 1 rings (SSSR count). The van der Waals surface area contributed by atoms with Gasteiger partial charge in [-0.2, -0.15) is 9.12 Å². The summed E-state index contributed by atoms with van der Waals surface area (Å²) in [5.41, 5.74) is 5.48. The van der Waals surface area contributed by atoms with Crippen molar-refractivity contribution in [2.75, 3.05) is 40.1 Å². The molecule has 1 radical (unpaired) electrons. The molecule has 0 spiro atoms. The van der Waals surface area contributed by atoms with E-state index in [1.807, 2.05) is 20.3 Å². The van der Waals surface area contributed by atoms with Gasteiger partial charge in [-0.3, -0.25) is 0 Å². The van der Waals surface area contributed by atoms with Crippen LogP contribution < -0.4 is 11.1 Å². The lowest BCUT2D eigenvalue weighted by molar-refractivity contribution is -0.00886. The Morgan fingerprint density at radius 2 is 2.17 bits per heavy atom. The fourth-order valence-electron chi connectivity index (χ4n) is 2.26. The van der Waals surface area contributed by atoms with E-state index in [1.54, 1.807) is 7.11 Å². The first kappa shape index (κ1) is 21.4. The molecule has 2 unspecified atom stereocenters. The van der Waals surface area contributed by atoms with Crippen LogP contribution in [0.3, 0.4) is 0 Å². The molecule has 1 heterocycles. The average Bonchev–Trinajstić information content (AvgIpc) is 2.76. The van der Waals surface area contributed by atoms with Crippen molar-refractivity contribution in [3.8, 4) is 0 Å². The third-order valence-electron chi connectivity index (χ3n) is 3.17. The van der Waals surface area contributed by atoms with Gasteiger partial charge in [0.2, 0.25) is 0 Å². The SMILES string of the molecule is C=P(C)(C)O[C@@H]1C(OC(=S)NCCCN)[C@H]([B]P)O[C@@H]1COC. The highest BCUT2D eigenvalue weighted by molar-refractivity contribution is 7.80. The van der Waals surface area contributed by atoms with Gasteiger partial charge in [0.15, 0.2) is 7.00 Å². The van der Waals surface area contributed by atoms with Crippen molar-refractivity contribution in [2.45, 2.75) is 30.7 Å². The standard InChI is InChI=1S/C13H28BN2O4P2S/c1-17-8-9-10(20-22(2,3)4)11(12(14-21)18-9)19-13(23)16-7-5-6-15/h9-12H,2,5-8,15,21H2,1,3-4H3,(H,16,23)/t9-,10+,11?,12-/m1/s1. The summed E-state index contributed by atoms with van der Waals surface area (Å²) >= 11 is 5.26. The Morgan fingerprint density at radius 3 is 2.70 bits per heavy atom. The van der Waals surface area contributed by atoms with E-state index in [9.17, 15) is 0 Å². The minimum Gasteiger partial charge on any atom is -0.463 e. The molecule has 0 bridgehead atoms. The molecule has 23 heavy (non-hydrogen) atoms. The topological polar surface area (TPSA) is 75.0 Å². The molecule has 3 N–H and O–H groups in total. The Bertz CT molecular complexity index is 427. The molecule has 0 saturated carbocycles. The Hall–Kier alpha value is 0.325. The maximum atomic E-state index is 6.17. The summed E-state index contributed by atoms with van der Waals surface area (Å²) in [5.74, 6) is 0. The maximum Gasteiger partial charge on any atom is 0.257 e. The largest absolute Gasteiger partial charge is 0.463 e. The summed E-state index contributed by atoms with van der Waals surface area (Å²) in [4.78, 5) is 0. The molecule has 0 aliphatic carbocycles. The van der Waals surface area contributed by atoms with Gasteiger partial charge < -0.3 is 29.8 Å². The minimum atomic E-state index is -1.74. The van der Waals surface area contributed by atoms with Crippen LogP contribution in [0.4, 0.5) is 0 Å². The molecule has 0 amide bonds. The normalized spacial score (nSPS) is 27.7. The lowest BCUT2D eigenvalue weighted by Gasteiger charge is -2.29. The smallest absolute Gasteiger partial charge is 0.257 e. The monoisotopic (exact) mass is 381 g/mol. The van der Waals surface area contributed by atoms with Crippen LogP contribution in [-0.4, -0.2) is 82.9 Å². The zero-order valence-corrected chi connectivity index (χ0v) is 16.9. The second-order valence-corrected chi connectivity index (χ2v) is 9.98. The molecule has 5 atom stereocenters. The van der Waals surface area contributed by atoms with E-state index >= 15 is 0 Å². The summed E-state index contributed by atoms with van der Waals surface area (Å²) in [6.07, 6.45) is 4.09. The van der Waals surface area contributed by atoms with E-state index < -0.39 is 7.11 Å². The van der Waals surface area contributed by atoms with Crippen LogP contribution in [0.2, 0.25) is 0 Å². The highest BCUT2D eigenvalue weighted by atomic mass is 32.1. The van der Waals surface area contributed by atoms with Gasteiger partial charge in [0.1, 0.15) is 18.3 Å². The summed E-state index contributed by atoms with van der Waals surface area (Å²) in [6, 6.07) is -0.244. The minimum absolute atomic E-state index is 0.223. The molecule has 0 aromatic carbocycles. The van der Waals surface area contributed by atoms with Crippen molar-refractivity contribution in [3.63, 3.8) is 0 Å². The van der Waals surface area contributed by atoms with Gasteiger partial charge in [-0.15, -0.1) is 0 Å². The van der Waals surface area contributed by atoms with Gasteiger partial charge in [-0.1, -0.05) is 6.30 Å². The van der Waals surface area contributed by atoms with Gasteiger partial charge in [-0.05, 0) is 45.6 Å². The molecular formula is C13H28BN2O4P2S. The van der Waals surface area contributed by atoms with Crippen LogP contribution in [0.1, 0.15) is 6.42 Å². The average molecular weight is 381 g/mol. The van der Waals surface area contributed by atoms with Crippen LogP contribution in [0, 0.1) is 0 Å². The van der Waals surface area contributed by atoms with E-state index in [0.29, 0.717) is 24.9 Å². The number of nitrogens with two attached hydrogens (primary N) is 1. The Morgan fingerprint density at radius 1 is 1.48 bits per heavy atom. The van der Waals surface area contributed by atoms with Gasteiger partial charge in [-0.25, -0.2) is 0 Å². The molecule has 1 aliphatic rings. The number of hydrogen-bond donors (Lipinski definition) is 2. The zero-order valence-electron chi connectivity index (χ0n) is 14.1. The van der Waals surface area contributed by atoms with Gasteiger partial charge in [0.05, 0.1) is 12.6 Å². The van der Waals surface area contributed by atoms with Crippen molar-refractivity contribution in [3.05, 3.63) is 0 Å². The van der Waals surface area contributed by atoms with Crippen LogP contribution >= 0.6 is 28.4 Å². The number of nitrogens with one attached hydrogen (secondary N) is 1. The highest BCUT2D eigenvalue weighted by Gasteiger charge is 2.47. The molecule has 0 aromatic heterocycles. The summed E-state index contributed by atoms with van der Waals surface area (Å²) in [5, 5.41) is 3.37. The van der Waals surface area contributed by atoms with Gasteiger partial charge in [0.25, 0.3) is 5.17 Å². The molecule has 1 saturated heterocycles. The third kappa shape index (κ3) is 7.39. The maximum absolute atomic E-state index is 6.17. The predicted octanol–water partition coefficient (Wildman–Crippen LogP) is 0.470. The number of ether oxygens (including phenoxy) is 3. The van der Waals surface area contributed by atoms with E-state index in [2.05, 4.69) is 20.7 Å². The molecule has 0 aromatic rings. The van der Waals surface area contributed by atoms with Gasteiger partial charge >= 0.3 is 0 Å². The van der Waals surface area contributed by atoms with Crippen molar-refractivity contribution in [1.82, 2.24) is 5.32 Å². The number of thiocarbonyl (C=S) groups is 1. The van der Waals surface area contributed by atoms with Crippen LogP contribution in [0.15, 0.2) is 0 Å². The summed E-state index contributed by atoms with van der Waals surface area (Å²) in [6.45, 7) is 7.58. The Labute approximate surface area is 148 Å². The van der Waals surface area contributed by atoms with Crippen LogP contribution in [0.5, 0.6) is 0 Å². The fourth-order valence-corrected chi connectivity index (χ4v) is 3.70. The van der Waals surface area contributed by atoms with Crippen LogP contribution in [0.25, 0.3) is 0 Å². The fraction of sp³-hybridized carbons (Fsp3) is 0.846. The predicted molar refractivity (Wildman–Crippen MR) is 106 cm³/mol. The first-order valence-electron chi connectivity index (χ1n) is 7.53. The molecular weight excluding hydrogens is 353 g/mol. The van der Waals surface area contributed by atoms with Crippen molar-refractivity contribution in [2.24, 2.45) is 5.73 Å². The van der Waals surface area contributed by atoms with Gasteiger partial charge in [0, 0.05) is 13.7 Å². The van der Waals surface area contributed by atoms with Crippen molar-refractivity contribution >= 4 is 46.9 Å². The number of methoxy groups -OCH3 is 1. The number of hydrogen-bond acceptors (Lipinski definition) is 6. The quantitative estimate of drug-likeness (QED) is 0.260. The van der Waals surface area contributed by atoms with Crippen molar-refractivity contribution in [1.29, 1.82) is 0 Å². The van der Waals surface area contributed by atoms with E-state index in [1.165, 1.54) is 0 Å². The first-order chi connectivity index (χ1) is 10.8. The Kier molecular flexibility index (Phi) is 9.61. The molecule has 133 valence electrons. The second-order valence-electron chi connectivity index (χ2n) is 5.87. The summed E-state index contributed by atoms with van der Waals surface area (Å²) < 4.78 is 23.3. The molecule has 6 nitrogen and oxygen atoms in total. The lowest BCUT2D eigenvalue weighted by atomic mass is 9.91. The first-order valence-corrected chi connectivity index (χ1v) is 11.4. The van der Waals surface area contributed by atoms with E-state index in [4.69, 9.17) is 36.7 Å². The molecule has 10 heteroatoms. The molecule has 1 aliphatic heterocycles. The van der Waals surface area contributed by atoms with Crippen LogP contribution in [-0.2, 0) is 18.7 Å². The lowest BCUT2D eigenvalue weighted by Crippen LogP contribution is -2.43.